The Kier molecular flexibility index (Phi) is 4.88. The lowest BCUT2D eigenvalue weighted by Crippen LogP contribution is -2.49. The Morgan fingerprint density at radius 1 is 1.11 bits per heavy atom. The molecule has 0 radical (unpaired) electrons. The van der Waals surface area contributed by atoms with Gasteiger partial charge in [0.25, 0.3) is 6.43 Å². The van der Waals surface area contributed by atoms with Crippen LogP contribution in [0.4, 0.5) is 14.6 Å². The monoisotopic (exact) mass is 508 g/mol. The molecular formula is C26H22F2N4O5. The minimum Gasteiger partial charge on any atom is -0.436 e. The lowest BCUT2D eigenvalue weighted by atomic mass is 9.84. The van der Waals surface area contributed by atoms with Gasteiger partial charge in [-0.1, -0.05) is 6.07 Å². The predicted octanol–water partition coefficient (Wildman–Crippen LogP) is 4.10. The van der Waals surface area contributed by atoms with Crippen molar-refractivity contribution in [3.05, 3.63) is 47.9 Å². The van der Waals surface area contributed by atoms with Gasteiger partial charge in [-0.05, 0) is 36.6 Å². The number of halogens is 2. The van der Waals surface area contributed by atoms with Crippen molar-refractivity contribution < 1.29 is 32.6 Å². The number of pyridine rings is 2. The summed E-state index contributed by atoms with van der Waals surface area (Å²) in [6, 6.07) is 6.77. The van der Waals surface area contributed by atoms with E-state index in [2.05, 4.69) is 20.3 Å². The van der Waals surface area contributed by atoms with Crippen LogP contribution in [0.2, 0.25) is 0 Å². The minimum atomic E-state index is -2.81. The number of alkyl halides is 2. The maximum atomic E-state index is 13.7. The van der Waals surface area contributed by atoms with Crippen molar-refractivity contribution in [1.29, 1.82) is 0 Å². The number of benzene rings is 1. The van der Waals surface area contributed by atoms with Gasteiger partial charge in [-0.2, -0.15) is 0 Å². The fraction of sp³-hybridized carbons (Fsp3) is 0.385. The number of anilines is 1. The molecule has 1 atom stereocenters. The molecule has 11 heteroatoms. The van der Waals surface area contributed by atoms with Crippen LogP contribution in [0.5, 0.6) is 0 Å². The van der Waals surface area contributed by atoms with E-state index in [0.29, 0.717) is 47.2 Å². The molecule has 7 rings (SSSR count). The first-order valence-electron chi connectivity index (χ1n) is 12.1. The number of aliphatic hydroxyl groups is 1. The number of rotatable bonds is 5. The molecule has 5 heterocycles. The van der Waals surface area contributed by atoms with E-state index in [1.54, 1.807) is 18.2 Å². The molecule has 1 aromatic carbocycles. The van der Waals surface area contributed by atoms with Gasteiger partial charge >= 0.3 is 0 Å². The number of oxazole rings is 1. The van der Waals surface area contributed by atoms with E-state index in [1.165, 1.54) is 18.5 Å². The Hall–Kier alpha value is -3.54. The van der Waals surface area contributed by atoms with E-state index in [1.807, 2.05) is 0 Å². The fourth-order valence-corrected chi connectivity index (χ4v) is 5.08. The second kappa shape index (κ2) is 7.98. The van der Waals surface area contributed by atoms with Crippen molar-refractivity contribution in [2.75, 3.05) is 25.1 Å². The first-order valence-corrected chi connectivity index (χ1v) is 12.1. The zero-order chi connectivity index (χ0) is 25.4. The quantitative estimate of drug-likeness (QED) is 0.414. The molecule has 190 valence electrons. The van der Waals surface area contributed by atoms with E-state index < -0.39 is 23.3 Å². The van der Waals surface area contributed by atoms with Gasteiger partial charge in [0.05, 0.1) is 25.4 Å². The Morgan fingerprint density at radius 3 is 2.65 bits per heavy atom. The second-order valence-electron chi connectivity index (χ2n) is 10.1. The minimum absolute atomic E-state index is 0.0379. The number of nitrogens with zero attached hydrogens (tertiary/aromatic N) is 3. The Balaban J connectivity index is 1.29. The molecule has 3 fully saturated rings. The standard InChI is InChI=1S/C26H22F2N4O5/c27-22(28)21-16-7-29-20(32-23(33)13-1-2-13)6-15(16)17(8-30-21)24-31-18-5-14(3-4-19(18)37-24)26(34)9-25(36-12-26)10-35-11-25/h3-8,13,22,34H,1-2,9-12H2,(H,29,32,33). The number of nitrogens with one attached hydrogen (secondary N) is 1. The summed E-state index contributed by atoms with van der Waals surface area (Å²) in [6.45, 7) is 1.06. The van der Waals surface area contributed by atoms with Gasteiger partial charge in [0.15, 0.2) is 5.58 Å². The van der Waals surface area contributed by atoms with Crippen molar-refractivity contribution in [1.82, 2.24) is 15.0 Å². The molecule has 0 bridgehead atoms. The van der Waals surface area contributed by atoms with Crippen molar-refractivity contribution >= 4 is 33.6 Å². The maximum absolute atomic E-state index is 13.7. The Labute approximate surface area is 208 Å². The van der Waals surface area contributed by atoms with Gasteiger partial charge in [-0.3, -0.25) is 9.78 Å². The van der Waals surface area contributed by atoms with Crippen LogP contribution in [0.3, 0.4) is 0 Å². The lowest BCUT2D eigenvalue weighted by Gasteiger charge is -2.37. The van der Waals surface area contributed by atoms with E-state index in [0.717, 1.165) is 12.8 Å². The number of ether oxygens (including phenoxy) is 2. The molecule has 4 aromatic rings. The summed E-state index contributed by atoms with van der Waals surface area (Å²) in [5, 5.41) is 14.5. The summed E-state index contributed by atoms with van der Waals surface area (Å²) in [6.07, 6.45) is 1.83. The first-order chi connectivity index (χ1) is 17.8. The van der Waals surface area contributed by atoms with E-state index in [4.69, 9.17) is 13.9 Å². The van der Waals surface area contributed by atoms with Crippen LogP contribution < -0.4 is 5.32 Å². The third-order valence-corrected chi connectivity index (χ3v) is 7.33. The highest BCUT2D eigenvalue weighted by molar-refractivity contribution is 6.00. The predicted molar refractivity (Wildman–Crippen MR) is 127 cm³/mol. The number of carbonyl (C=O) groups excluding carboxylic acids is 1. The highest BCUT2D eigenvalue weighted by atomic mass is 19.3. The molecule has 1 saturated carbocycles. The van der Waals surface area contributed by atoms with Crippen LogP contribution in [-0.4, -0.2) is 51.4 Å². The molecule has 1 unspecified atom stereocenters. The summed E-state index contributed by atoms with van der Waals surface area (Å²) < 4.78 is 44.5. The molecule has 2 saturated heterocycles. The van der Waals surface area contributed by atoms with Gasteiger partial charge in [0.2, 0.25) is 11.8 Å². The van der Waals surface area contributed by atoms with Gasteiger partial charge in [0, 0.05) is 35.5 Å². The van der Waals surface area contributed by atoms with Gasteiger partial charge in [-0.25, -0.2) is 18.7 Å². The molecule has 9 nitrogen and oxygen atoms in total. The number of aromatic nitrogens is 3. The van der Waals surface area contributed by atoms with Crippen LogP contribution in [0.15, 0.2) is 41.1 Å². The summed E-state index contributed by atoms with van der Waals surface area (Å²) in [7, 11) is 0. The van der Waals surface area contributed by atoms with Crippen molar-refractivity contribution in [2.24, 2.45) is 5.92 Å². The van der Waals surface area contributed by atoms with Gasteiger partial charge in [-0.15, -0.1) is 0 Å². The normalized spacial score (nSPS) is 22.7. The average molecular weight is 508 g/mol. The van der Waals surface area contributed by atoms with E-state index >= 15 is 0 Å². The van der Waals surface area contributed by atoms with Crippen molar-refractivity contribution in [3.8, 4) is 11.5 Å². The summed E-state index contributed by atoms with van der Waals surface area (Å²) in [4.78, 5) is 24.9. The molecular weight excluding hydrogens is 486 g/mol. The molecule has 1 aliphatic carbocycles. The summed E-state index contributed by atoms with van der Waals surface area (Å²) in [5.74, 6) is 0.251. The molecule has 3 aromatic heterocycles. The third kappa shape index (κ3) is 3.76. The molecule has 1 amide bonds. The summed E-state index contributed by atoms with van der Waals surface area (Å²) in [5.41, 5.74) is -0.0495. The number of hydrogen-bond donors (Lipinski definition) is 2. The van der Waals surface area contributed by atoms with Crippen LogP contribution >= 0.6 is 0 Å². The van der Waals surface area contributed by atoms with Crippen LogP contribution in [-0.2, 0) is 19.9 Å². The maximum Gasteiger partial charge on any atom is 0.281 e. The first kappa shape index (κ1) is 22.6. The third-order valence-electron chi connectivity index (χ3n) is 7.33. The topological polar surface area (TPSA) is 120 Å². The molecule has 1 spiro atoms. The largest absolute Gasteiger partial charge is 0.436 e. The average Bonchev–Trinajstić information content (AvgIpc) is 3.52. The van der Waals surface area contributed by atoms with Gasteiger partial charge < -0.3 is 24.3 Å². The number of carbonyl (C=O) groups is 1. The Morgan fingerprint density at radius 2 is 1.95 bits per heavy atom. The van der Waals surface area contributed by atoms with Crippen molar-refractivity contribution in [3.63, 3.8) is 0 Å². The number of hydrogen-bond acceptors (Lipinski definition) is 8. The number of fused-ring (bicyclic) bond motifs is 2. The molecule has 37 heavy (non-hydrogen) atoms. The molecule has 2 N–H and O–H groups in total. The van der Waals surface area contributed by atoms with Crippen LogP contribution in [0, 0.1) is 5.92 Å². The zero-order valence-corrected chi connectivity index (χ0v) is 19.5. The lowest BCUT2D eigenvalue weighted by molar-refractivity contribution is -0.184. The Bertz CT molecular complexity index is 1570. The molecule has 3 aliphatic rings. The fourth-order valence-electron chi connectivity index (χ4n) is 5.08. The zero-order valence-electron chi connectivity index (χ0n) is 19.5. The van der Waals surface area contributed by atoms with Gasteiger partial charge in [0.1, 0.15) is 28.2 Å². The molecule has 2 aliphatic heterocycles. The summed E-state index contributed by atoms with van der Waals surface area (Å²) >= 11 is 0. The van der Waals surface area contributed by atoms with E-state index in [9.17, 15) is 18.7 Å². The number of amides is 1. The van der Waals surface area contributed by atoms with Crippen molar-refractivity contribution in [2.45, 2.75) is 36.9 Å². The van der Waals surface area contributed by atoms with E-state index in [-0.39, 0.29) is 35.5 Å². The highest BCUT2D eigenvalue weighted by Crippen LogP contribution is 2.44. The second-order valence-corrected chi connectivity index (χ2v) is 10.1. The highest BCUT2D eigenvalue weighted by Gasteiger charge is 2.54. The SMILES string of the molecule is O=C(Nc1cc2c(-c3nc4cc(C5(O)COC6(COC6)C5)ccc4o3)cnc(C(F)F)c2cn1)C1CC1. The van der Waals surface area contributed by atoms with Crippen LogP contribution in [0.25, 0.3) is 33.3 Å². The van der Waals surface area contributed by atoms with Crippen LogP contribution in [0.1, 0.15) is 36.9 Å². The smallest absolute Gasteiger partial charge is 0.281 e.